The number of rotatable bonds is 0. The van der Waals surface area contributed by atoms with E-state index >= 15 is 0 Å². The van der Waals surface area contributed by atoms with Crippen LogP contribution in [0.15, 0.2) is 0 Å². The first kappa shape index (κ1) is 25.1. The van der Waals surface area contributed by atoms with Crippen LogP contribution in [0.4, 0.5) is 0 Å². The van der Waals surface area contributed by atoms with Crippen molar-refractivity contribution in [1.29, 1.82) is 0 Å². The highest BCUT2D eigenvalue weighted by molar-refractivity contribution is 7.83. The largest absolute Gasteiger partial charge is 0.736 e. The Hall–Kier alpha value is 0.142. The SMILES string of the molecule is NS(=O)(=O)[O-].NS(=O)(=O)[O-].NS(=O)(=O)[O-].[Al]. The van der Waals surface area contributed by atoms with E-state index < -0.39 is 30.9 Å². The maximum atomic E-state index is 8.85. The number of nitrogens with two attached hydrogens (primary N) is 3. The van der Waals surface area contributed by atoms with E-state index in [1.165, 1.54) is 0 Å². The fourth-order valence-corrected chi connectivity index (χ4v) is 0. The van der Waals surface area contributed by atoms with Crippen LogP contribution < -0.4 is 15.4 Å². The first-order valence-electron chi connectivity index (χ1n) is 2.21. The molecule has 0 aromatic rings. The first-order chi connectivity index (χ1) is 6.00. The van der Waals surface area contributed by atoms with Gasteiger partial charge in [0.1, 0.15) is 0 Å². The van der Waals surface area contributed by atoms with Gasteiger partial charge in [-0.2, -0.15) is 0 Å². The highest BCUT2D eigenvalue weighted by Gasteiger charge is 1.65. The van der Waals surface area contributed by atoms with Crippen LogP contribution in [0.5, 0.6) is 0 Å². The van der Waals surface area contributed by atoms with Crippen LogP contribution in [0.25, 0.3) is 0 Å². The summed E-state index contributed by atoms with van der Waals surface area (Å²) in [7, 11) is -13.2. The standard InChI is InChI=1S/Al.3H3NO3S/c;3*1-5(2,3)4/h;3*(H3,1,2,3,4)/p-3. The maximum Gasteiger partial charge on any atom is 0.156 e. The zero-order chi connectivity index (χ0) is 13.5. The third-order valence-corrected chi connectivity index (χ3v) is 0. The van der Waals surface area contributed by atoms with Crippen LogP contribution >= 0.6 is 0 Å². The summed E-state index contributed by atoms with van der Waals surface area (Å²) in [4.78, 5) is 0. The monoisotopic (exact) mass is 315 g/mol. The van der Waals surface area contributed by atoms with Crippen molar-refractivity contribution in [3.63, 3.8) is 0 Å². The minimum Gasteiger partial charge on any atom is -0.736 e. The first-order valence-corrected chi connectivity index (χ1v) is 6.62. The Kier molecular flexibility index (Phi) is 14.4. The molecule has 0 atom stereocenters. The van der Waals surface area contributed by atoms with Gasteiger partial charge in [-0.25, -0.2) is 40.7 Å². The molecule has 99 valence electrons. The summed E-state index contributed by atoms with van der Waals surface area (Å²) in [5.74, 6) is 0. The quantitative estimate of drug-likeness (QED) is 0.285. The number of hydrogen-bond acceptors (Lipinski definition) is 9. The van der Waals surface area contributed by atoms with Crippen molar-refractivity contribution in [2.45, 2.75) is 0 Å². The molecule has 0 spiro atoms. The number of hydrogen-bond donors (Lipinski definition) is 3. The van der Waals surface area contributed by atoms with Crippen molar-refractivity contribution in [2.24, 2.45) is 15.4 Å². The van der Waals surface area contributed by atoms with E-state index in [1.807, 2.05) is 0 Å². The zero-order valence-corrected chi connectivity index (χ0v) is 10.8. The summed E-state index contributed by atoms with van der Waals surface area (Å²) in [6, 6.07) is 0. The van der Waals surface area contributed by atoms with Gasteiger partial charge in [-0.1, -0.05) is 0 Å². The Morgan fingerprint density at radius 2 is 0.562 bits per heavy atom. The Bertz CT molecular complexity index is 347. The van der Waals surface area contributed by atoms with Gasteiger partial charge in [-0.05, 0) is 0 Å². The van der Waals surface area contributed by atoms with Gasteiger partial charge in [0.2, 0.25) is 0 Å². The zero-order valence-electron chi connectivity index (χ0n) is 7.21. The van der Waals surface area contributed by atoms with Crippen molar-refractivity contribution >= 4 is 48.3 Å². The lowest BCUT2D eigenvalue weighted by Crippen LogP contribution is -2.08. The van der Waals surface area contributed by atoms with Gasteiger partial charge in [-0.3, -0.25) is 0 Å². The molecule has 0 bridgehead atoms. The third kappa shape index (κ3) is 120000. The molecule has 6 N–H and O–H groups in total. The molecule has 0 saturated heterocycles. The Labute approximate surface area is 103 Å². The van der Waals surface area contributed by atoms with Crippen LogP contribution in [0.1, 0.15) is 0 Å². The van der Waals surface area contributed by atoms with Gasteiger partial charge in [0.05, 0.1) is 0 Å². The Morgan fingerprint density at radius 3 is 0.562 bits per heavy atom. The summed E-state index contributed by atoms with van der Waals surface area (Å²) in [6.45, 7) is 0. The molecule has 0 saturated carbocycles. The van der Waals surface area contributed by atoms with Gasteiger partial charge >= 0.3 is 0 Å². The summed E-state index contributed by atoms with van der Waals surface area (Å²) in [5, 5.41) is 11.3. The summed E-state index contributed by atoms with van der Waals surface area (Å²) < 4.78 is 79.7. The van der Waals surface area contributed by atoms with Crippen molar-refractivity contribution in [3.8, 4) is 0 Å². The highest BCUT2D eigenvalue weighted by atomic mass is 32.2. The smallest absolute Gasteiger partial charge is 0.156 e. The van der Waals surface area contributed by atoms with Gasteiger partial charge in [-0.15, -0.1) is 0 Å². The molecule has 3 radical (unpaired) electrons. The maximum absolute atomic E-state index is 8.85. The van der Waals surface area contributed by atoms with Crippen LogP contribution in [0, 0.1) is 0 Å². The molecule has 12 nitrogen and oxygen atoms in total. The van der Waals surface area contributed by atoms with Crippen molar-refractivity contribution in [3.05, 3.63) is 0 Å². The summed E-state index contributed by atoms with van der Waals surface area (Å²) in [5.41, 5.74) is 0. The average Bonchev–Trinajstić information content (AvgIpc) is 1.41. The molecule has 0 aliphatic carbocycles. The molecule has 0 rings (SSSR count). The Balaban J connectivity index is -0.0000000655. The third-order valence-electron chi connectivity index (χ3n) is 0. The molecule has 0 aliphatic heterocycles. The van der Waals surface area contributed by atoms with E-state index in [9.17, 15) is 0 Å². The molecule has 0 heterocycles. The molecular weight excluding hydrogens is 309 g/mol. The van der Waals surface area contributed by atoms with Crippen molar-refractivity contribution in [2.75, 3.05) is 0 Å². The van der Waals surface area contributed by atoms with Crippen LogP contribution in [-0.2, 0) is 30.9 Å². The van der Waals surface area contributed by atoms with E-state index in [0.29, 0.717) is 0 Å². The van der Waals surface area contributed by atoms with Crippen LogP contribution in [0.2, 0.25) is 0 Å². The topological polar surface area (TPSA) is 250 Å². The highest BCUT2D eigenvalue weighted by Crippen LogP contribution is 1.50. The molecule has 0 aliphatic rings. The predicted molar refractivity (Wildman–Crippen MR) is 47.4 cm³/mol. The minimum absolute atomic E-state index is 0. The van der Waals surface area contributed by atoms with E-state index in [-0.39, 0.29) is 17.4 Å². The van der Waals surface area contributed by atoms with Gasteiger partial charge < -0.3 is 13.7 Å². The fourth-order valence-electron chi connectivity index (χ4n) is 0. The summed E-state index contributed by atoms with van der Waals surface area (Å²) >= 11 is 0. The molecule has 0 unspecified atom stereocenters. The van der Waals surface area contributed by atoms with Gasteiger partial charge in [0.25, 0.3) is 0 Å². The minimum atomic E-state index is -4.42. The fraction of sp³-hybridized carbons (Fsp3) is 0. The molecule has 0 fully saturated rings. The second-order valence-electron chi connectivity index (χ2n) is 1.48. The van der Waals surface area contributed by atoms with Crippen LogP contribution in [0.3, 0.4) is 0 Å². The van der Waals surface area contributed by atoms with E-state index in [2.05, 4.69) is 15.4 Å². The lowest BCUT2D eigenvalue weighted by Gasteiger charge is -1.90. The second-order valence-corrected chi connectivity index (χ2v) is 4.44. The molecule has 16 heteroatoms. The molecule has 16 heavy (non-hydrogen) atoms. The van der Waals surface area contributed by atoms with Gasteiger partial charge in [0.15, 0.2) is 30.9 Å². The average molecular weight is 315 g/mol. The lowest BCUT2D eigenvalue weighted by molar-refractivity contribution is 0.462. The lowest BCUT2D eigenvalue weighted by atomic mass is 13.9. The second kappa shape index (κ2) is 9.20. The summed E-state index contributed by atoms with van der Waals surface area (Å²) in [6.07, 6.45) is 0. The molecule has 0 amide bonds. The van der Waals surface area contributed by atoms with E-state index in [4.69, 9.17) is 38.9 Å². The van der Waals surface area contributed by atoms with Crippen molar-refractivity contribution < 1.29 is 38.9 Å². The van der Waals surface area contributed by atoms with E-state index in [0.717, 1.165) is 0 Å². The van der Waals surface area contributed by atoms with Gasteiger partial charge in [0, 0.05) is 17.4 Å². The Morgan fingerprint density at radius 1 is 0.562 bits per heavy atom. The normalized spacial score (nSPS) is 10.9. The predicted octanol–water partition coefficient (Wildman–Crippen LogP) is -5.16. The van der Waals surface area contributed by atoms with Crippen LogP contribution in [-0.4, -0.2) is 56.3 Å². The van der Waals surface area contributed by atoms with E-state index in [1.54, 1.807) is 0 Å². The molecular formula is H6AlN3O9S3-3. The molecule has 0 aromatic carbocycles. The van der Waals surface area contributed by atoms with Crippen molar-refractivity contribution in [1.82, 2.24) is 0 Å². The molecule has 0 aromatic heterocycles.